The van der Waals surface area contributed by atoms with Crippen molar-refractivity contribution in [3.63, 3.8) is 0 Å². The van der Waals surface area contributed by atoms with Gasteiger partial charge in [-0.1, -0.05) is 31.0 Å². The smallest absolute Gasteiger partial charge is 0.263 e. The first-order valence-corrected chi connectivity index (χ1v) is 6.35. The molecule has 1 aromatic rings. The van der Waals surface area contributed by atoms with Crippen molar-refractivity contribution in [3.8, 4) is 0 Å². The number of halogens is 2. The maximum Gasteiger partial charge on any atom is 0.263 e. The van der Waals surface area contributed by atoms with Crippen molar-refractivity contribution in [1.29, 1.82) is 0 Å². The SMILES string of the molecule is NCC1(C(O)c2cccc(C(F)F)c2)CCCC1. The van der Waals surface area contributed by atoms with Gasteiger partial charge in [0.1, 0.15) is 0 Å². The lowest BCUT2D eigenvalue weighted by Gasteiger charge is -2.33. The highest BCUT2D eigenvalue weighted by molar-refractivity contribution is 5.27. The second kappa shape index (κ2) is 5.33. The molecule has 1 aliphatic rings. The highest BCUT2D eigenvalue weighted by Crippen LogP contribution is 2.47. The Balaban J connectivity index is 2.27. The second-order valence-electron chi connectivity index (χ2n) is 5.15. The minimum atomic E-state index is -2.51. The summed E-state index contributed by atoms with van der Waals surface area (Å²) in [7, 11) is 0. The van der Waals surface area contributed by atoms with Gasteiger partial charge in [-0.3, -0.25) is 0 Å². The first-order chi connectivity index (χ1) is 8.59. The van der Waals surface area contributed by atoms with Crippen LogP contribution >= 0.6 is 0 Å². The molecular weight excluding hydrogens is 236 g/mol. The van der Waals surface area contributed by atoms with Crippen LogP contribution in [0.1, 0.15) is 49.3 Å². The van der Waals surface area contributed by atoms with Gasteiger partial charge in [0.2, 0.25) is 0 Å². The summed E-state index contributed by atoms with van der Waals surface area (Å²) in [5.74, 6) is 0. The van der Waals surface area contributed by atoms with E-state index in [1.807, 2.05) is 0 Å². The summed E-state index contributed by atoms with van der Waals surface area (Å²) in [6, 6.07) is 6.04. The molecule has 0 amide bonds. The summed E-state index contributed by atoms with van der Waals surface area (Å²) >= 11 is 0. The molecule has 2 nitrogen and oxygen atoms in total. The van der Waals surface area contributed by atoms with Crippen molar-refractivity contribution in [2.75, 3.05) is 6.54 Å². The van der Waals surface area contributed by atoms with E-state index in [1.54, 1.807) is 12.1 Å². The predicted octanol–water partition coefficient (Wildman–Crippen LogP) is 3.18. The Morgan fingerprint density at radius 1 is 1.22 bits per heavy atom. The molecule has 0 spiro atoms. The normalized spacial score (nSPS) is 20.3. The Labute approximate surface area is 106 Å². The molecule has 0 heterocycles. The second-order valence-corrected chi connectivity index (χ2v) is 5.15. The van der Waals surface area contributed by atoms with Crippen LogP contribution in [0.4, 0.5) is 8.78 Å². The van der Waals surface area contributed by atoms with Gasteiger partial charge in [0, 0.05) is 17.5 Å². The largest absolute Gasteiger partial charge is 0.388 e. The van der Waals surface area contributed by atoms with E-state index >= 15 is 0 Å². The van der Waals surface area contributed by atoms with E-state index in [4.69, 9.17) is 5.73 Å². The van der Waals surface area contributed by atoms with Gasteiger partial charge in [-0.2, -0.15) is 0 Å². The van der Waals surface area contributed by atoms with Crippen LogP contribution in [0.5, 0.6) is 0 Å². The average molecular weight is 255 g/mol. The molecule has 4 heteroatoms. The van der Waals surface area contributed by atoms with Gasteiger partial charge in [-0.15, -0.1) is 0 Å². The number of benzene rings is 1. The lowest BCUT2D eigenvalue weighted by atomic mass is 9.77. The summed E-state index contributed by atoms with van der Waals surface area (Å²) in [6.07, 6.45) is 0.567. The lowest BCUT2D eigenvalue weighted by molar-refractivity contribution is 0.0330. The van der Waals surface area contributed by atoms with Crippen LogP contribution in [0.25, 0.3) is 0 Å². The number of aliphatic hydroxyl groups is 1. The van der Waals surface area contributed by atoms with E-state index in [-0.39, 0.29) is 11.0 Å². The number of rotatable bonds is 4. The van der Waals surface area contributed by atoms with E-state index in [0.29, 0.717) is 12.1 Å². The number of alkyl halides is 2. The van der Waals surface area contributed by atoms with Crippen molar-refractivity contribution in [3.05, 3.63) is 35.4 Å². The standard InChI is InChI=1S/C14H19F2NO/c15-13(16)11-5-3-4-10(8-11)12(18)14(9-17)6-1-2-7-14/h3-5,8,12-13,18H,1-2,6-7,9,17H2. The predicted molar refractivity (Wildman–Crippen MR) is 66.3 cm³/mol. The number of hydrogen-bond acceptors (Lipinski definition) is 2. The molecule has 1 saturated carbocycles. The fourth-order valence-corrected chi connectivity index (χ4v) is 2.89. The molecule has 1 aromatic carbocycles. The Morgan fingerprint density at radius 3 is 2.39 bits per heavy atom. The zero-order valence-corrected chi connectivity index (χ0v) is 10.3. The van der Waals surface area contributed by atoms with Gasteiger partial charge in [-0.25, -0.2) is 8.78 Å². The van der Waals surface area contributed by atoms with Gasteiger partial charge in [0.15, 0.2) is 0 Å². The third kappa shape index (κ3) is 2.40. The fourth-order valence-electron chi connectivity index (χ4n) is 2.89. The van der Waals surface area contributed by atoms with Crippen LogP contribution in [0.15, 0.2) is 24.3 Å². The van der Waals surface area contributed by atoms with Crippen molar-refractivity contribution in [2.24, 2.45) is 11.1 Å². The van der Waals surface area contributed by atoms with Gasteiger partial charge < -0.3 is 10.8 Å². The van der Waals surface area contributed by atoms with Gasteiger partial charge in [-0.05, 0) is 24.5 Å². The third-order valence-electron chi connectivity index (χ3n) is 4.06. The van der Waals surface area contributed by atoms with Gasteiger partial charge >= 0.3 is 0 Å². The molecule has 3 N–H and O–H groups in total. The quantitative estimate of drug-likeness (QED) is 0.868. The molecule has 0 bridgehead atoms. The van der Waals surface area contributed by atoms with Crippen LogP contribution < -0.4 is 5.73 Å². The molecule has 1 aliphatic carbocycles. The number of aliphatic hydroxyl groups excluding tert-OH is 1. The maximum atomic E-state index is 12.7. The average Bonchev–Trinajstić information content (AvgIpc) is 2.88. The Hall–Kier alpha value is -1.00. The molecule has 1 unspecified atom stereocenters. The van der Waals surface area contributed by atoms with Crippen LogP contribution in [0.3, 0.4) is 0 Å². The Morgan fingerprint density at radius 2 is 1.83 bits per heavy atom. The molecular formula is C14H19F2NO. The molecule has 0 saturated heterocycles. The van der Waals surface area contributed by atoms with Crippen molar-refractivity contribution in [2.45, 2.75) is 38.2 Å². The van der Waals surface area contributed by atoms with Crippen molar-refractivity contribution < 1.29 is 13.9 Å². The van der Waals surface area contributed by atoms with Crippen molar-refractivity contribution in [1.82, 2.24) is 0 Å². The van der Waals surface area contributed by atoms with Gasteiger partial charge in [0.25, 0.3) is 6.43 Å². The lowest BCUT2D eigenvalue weighted by Crippen LogP contribution is -2.34. The van der Waals surface area contributed by atoms with E-state index in [2.05, 4.69) is 0 Å². The zero-order chi connectivity index (χ0) is 13.2. The Kier molecular flexibility index (Phi) is 3.97. The highest BCUT2D eigenvalue weighted by atomic mass is 19.3. The van der Waals surface area contributed by atoms with E-state index in [9.17, 15) is 13.9 Å². The molecule has 2 rings (SSSR count). The molecule has 0 radical (unpaired) electrons. The topological polar surface area (TPSA) is 46.2 Å². The minimum Gasteiger partial charge on any atom is -0.388 e. The summed E-state index contributed by atoms with van der Waals surface area (Å²) in [6.45, 7) is 0.396. The molecule has 100 valence electrons. The van der Waals surface area contributed by atoms with E-state index in [1.165, 1.54) is 12.1 Å². The van der Waals surface area contributed by atoms with Crippen molar-refractivity contribution >= 4 is 0 Å². The van der Waals surface area contributed by atoms with Gasteiger partial charge in [0.05, 0.1) is 6.10 Å². The number of nitrogens with two attached hydrogens (primary N) is 1. The Bertz CT molecular complexity index is 403. The maximum absolute atomic E-state index is 12.7. The summed E-state index contributed by atoms with van der Waals surface area (Å²) < 4.78 is 25.3. The zero-order valence-electron chi connectivity index (χ0n) is 10.3. The summed E-state index contributed by atoms with van der Waals surface area (Å²) in [4.78, 5) is 0. The van der Waals surface area contributed by atoms with Crippen LogP contribution in [0, 0.1) is 5.41 Å². The van der Waals surface area contributed by atoms with E-state index < -0.39 is 12.5 Å². The molecule has 0 aromatic heterocycles. The third-order valence-corrected chi connectivity index (χ3v) is 4.06. The molecule has 1 fully saturated rings. The molecule has 0 aliphatic heterocycles. The fraction of sp³-hybridized carbons (Fsp3) is 0.571. The van der Waals surface area contributed by atoms with Crippen LogP contribution in [-0.4, -0.2) is 11.7 Å². The van der Waals surface area contributed by atoms with E-state index in [0.717, 1.165) is 25.7 Å². The first kappa shape index (κ1) is 13.4. The van der Waals surface area contributed by atoms with Crippen LogP contribution in [0.2, 0.25) is 0 Å². The summed E-state index contributed by atoms with van der Waals surface area (Å²) in [5.41, 5.74) is 5.98. The summed E-state index contributed by atoms with van der Waals surface area (Å²) in [5, 5.41) is 10.5. The first-order valence-electron chi connectivity index (χ1n) is 6.35. The number of hydrogen-bond donors (Lipinski definition) is 2. The highest BCUT2D eigenvalue weighted by Gasteiger charge is 2.40. The molecule has 1 atom stereocenters. The van der Waals surface area contributed by atoms with Crippen LogP contribution in [-0.2, 0) is 0 Å². The molecule has 18 heavy (non-hydrogen) atoms. The minimum absolute atomic E-state index is 0.0447. The monoisotopic (exact) mass is 255 g/mol.